The molecule has 0 aromatic carbocycles. The Morgan fingerprint density at radius 2 is 2.39 bits per heavy atom. The van der Waals surface area contributed by atoms with Crippen LogP contribution in [0.25, 0.3) is 0 Å². The number of nitrogens with zero attached hydrogens (tertiary/aromatic N) is 3. The van der Waals surface area contributed by atoms with Gasteiger partial charge in [0.25, 0.3) is 5.69 Å². The lowest BCUT2D eigenvalue weighted by molar-refractivity contribution is -0.385. The molecule has 1 fully saturated rings. The van der Waals surface area contributed by atoms with Gasteiger partial charge in [-0.15, -0.1) is 0 Å². The third-order valence-electron chi connectivity index (χ3n) is 2.61. The summed E-state index contributed by atoms with van der Waals surface area (Å²) in [6.45, 7) is 0.977. The summed E-state index contributed by atoms with van der Waals surface area (Å²) in [6, 6.07) is 2.84. The highest BCUT2D eigenvalue weighted by Gasteiger charge is 2.27. The number of aliphatic carboxylic acids is 1. The maximum absolute atomic E-state index is 10.8. The standard InChI is InChI=1S/C10H11N3O5/c14-10(15)8-6-12(3-4-18-8)9-2-1-7(5-11-9)13(16)17/h1-2,5,8H,3-4,6H2,(H,14,15). The van der Waals surface area contributed by atoms with Crippen LogP contribution < -0.4 is 4.90 Å². The van der Waals surface area contributed by atoms with Gasteiger partial charge in [0, 0.05) is 12.6 Å². The molecule has 1 aliphatic heterocycles. The summed E-state index contributed by atoms with van der Waals surface area (Å²) in [5.41, 5.74) is -0.0956. The molecule has 0 radical (unpaired) electrons. The van der Waals surface area contributed by atoms with Crippen molar-refractivity contribution >= 4 is 17.5 Å². The fourth-order valence-electron chi connectivity index (χ4n) is 1.68. The van der Waals surface area contributed by atoms with Crippen LogP contribution in [0.4, 0.5) is 11.5 Å². The van der Waals surface area contributed by atoms with E-state index >= 15 is 0 Å². The zero-order valence-corrected chi connectivity index (χ0v) is 9.35. The minimum absolute atomic E-state index is 0.0956. The van der Waals surface area contributed by atoms with E-state index < -0.39 is 17.0 Å². The Balaban J connectivity index is 2.11. The number of carboxylic acid groups (broad SMARTS) is 1. The van der Waals surface area contributed by atoms with Crippen molar-refractivity contribution in [1.82, 2.24) is 4.98 Å². The molecule has 0 amide bonds. The number of pyridine rings is 1. The molecule has 1 N–H and O–H groups in total. The summed E-state index contributed by atoms with van der Waals surface area (Å²) >= 11 is 0. The van der Waals surface area contributed by atoms with Crippen molar-refractivity contribution in [1.29, 1.82) is 0 Å². The number of carbonyl (C=O) groups is 1. The second kappa shape index (κ2) is 4.96. The van der Waals surface area contributed by atoms with E-state index in [9.17, 15) is 14.9 Å². The number of hydrogen-bond donors (Lipinski definition) is 1. The summed E-state index contributed by atoms with van der Waals surface area (Å²) in [7, 11) is 0. The van der Waals surface area contributed by atoms with E-state index in [0.717, 1.165) is 6.20 Å². The molecule has 1 saturated heterocycles. The molecule has 0 saturated carbocycles. The van der Waals surface area contributed by atoms with Crippen LogP contribution in [0.15, 0.2) is 18.3 Å². The van der Waals surface area contributed by atoms with Crippen LogP contribution >= 0.6 is 0 Å². The zero-order valence-electron chi connectivity index (χ0n) is 9.35. The average Bonchev–Trinajstić information content (AvgIpc) is 2.39. The minimum atomic E-state index is -1.03. The quantitative estimate of drug-likeness (QED) is 0.609. The minimum Gasteiger partial charge on any atom is -0.479 e. The Hall–Kier alpha value is -2.22. The lowest BCUT2D eigenvalue weighted by Crippen LogP contribution is -2.46. The monoisotopic (exact) mass is 253 g/mol. The SMILES string of the molecule is O=C(O)C1CN(c2ccc([N+](=O)[O-])cn2)CCO1. The highest BCUT2D eigenvalue weighted by Crippen LogP contribution is 2.18. The molecule has 2 rings (SSSR count). The molecule has 0 aliphatic carbocycles. The third-order valence-corrected chi connectivity index (χ3v) is 2.61. The van der Waals surface area contributed by atoms with Gasteiger partial charge in [-0.25, -0.2) is 9.78 Å². The molecule has 2 heterocycles. The van der Waals surface area contributed by atoms with Crippen LogP contribution in [0, 0.1) is 10.1 Å². The fraction of sp³-hybridized carbons (Fsp3) is 0.400. The van der Waals surface area contributed by atoms with Gasteiger partial charge in [0.1, 0.15) is 12.0 Å². The van der Waals surface area contributed by atoms with Gasteiger partial charge >= 0.3 is 5.97 Å². The van der Waals surface area contributed by atoms with Gasteiger partial charge in [-0.05, 0) is 6.07 Å². The van der Waals surface area contributed by atoms with Crippen molar-refractivity contribution in [3.8, 4) is 0 Å². The Kier molecular flexibility index (Phi) is 3.38. The number of morpholine rings is 1. The molecule has 0 bridgehead atoms. The Bertz CT molecular complexity index is 461. The lowest BCUT2D eigenvalue weighted by atomic mass is 10.2. The largest absolute Gasteiger partial charge is 0.479 e. The number of aromatic nitrogens is 1. The number of anilines is 1. The maximum atomic E-state index is 10.8. The fourth-order valence-corrected chi connectivity index (χ4v) is 1.68. The molecular formula is C10H11N3O5. The lowest BCUT2D eigenvalue weighted by Gasteiger charge is -2.31. The van der Waals surface area contributed by atoms with Crippen LogP contribution in [0.3, 0.4) is 0 Å². The van der Waals surface area contributed by atoms with Crippen molar-refractivity contribution in [3.05, 3.63) is 28.4 Å². The van der Waals surface area contributed by atoms with Crippen molar-refractivity contribution in [3.63, 3.8) is 0 Å². The molecule has 96 valence electrons. The molecule has 1 aliphatic rings. The van der Waals surface area contributed by atoms with Gasteiger partial charge < -0.3 is 14.7 Å². The van der Waals surface area contributed by atoms with Crippen LogP contribution in [-0.2, 0) is 9.53 Å². The summed E-state index contributed by atoms with van der Waals surface area (Å²) in [5.74, 6) is -0.517. The van der Waals surface area contributed by atoms with Crippen molar-refractivity contribution in [2.24, 2.45) is 0 Å². The van der Waals surface area contributed by atoms with E-state index in [1.54, 1.807) is 4.90 Å². The Morgan fingerprint density at radius 1 is 1.61 bits per heavy atom. The zero-order chi connectivity index (χ0) is 13.1. The van der Waals surface area contributed by atoms with Gasteiger partial charge in [0.2, 0.25) is 0 Å². The third kappa shape index (κ3) is 2.54. The molecule has 8 heteroatoms. The summed E-state index contributed by atoms with van der Waals surface area (Å²) < 4.78 is 5.08. The van der Waals surface area contributed by atoms with E-state index in [-0.39, 0.29) is 18.8 Å². The summed E-state index contributed by atoms with van der Waals surface area (Å²) in [6.07, 6.45) is 0.261. The van der Waals surface area contributed by atoms with Crippen LogP contribution in [0.1, 0.15) is 0 Å². The van der Waals surface area contributed by atoms with Gasteiger partial charge in [-0.1, -0.05) is 0 Å². The van der Waals surface area contributed by atoms with Crippen molar-refractivity contribution in [2.75, 3.05) is 24.6 Å². The van der Waals surface area contributed by atoms with Crippen LogP contribution in [0.2, 0.25) is 0 Å². The van der Waals surface area contributed by atoms with Crippen LogP contribution in [0.5, 0.6) is 0 Å². The number of carboxylic acids is 1. The first-order valence-corrected chi connectivity index (χ1v) is 5.28. The molecule has 1 aromatic rings. The number of rotatable bonds is 3. The van der Waals surface area contributed by atoms with Gasteiger partial charge in [-0.3, -0.25) is 10.1 Å². The van der Waals surface area contributed by atoms with Crippen molar-refractivity contribution in [2.45, 2.75) is 6.10 Å². The van der Waals surface area contributed by atoms with Gasteiger partial charge in [0.05, 0.1) is 18.1 Å². The molecule has 18 heavy (non-hydrogen) atoms. The van der Waals surface area contributed by atoms with E-state index in [1.165, 1.54) is 12.1 Å². The predicted octanol–water partition coefficient (Wildman–Crippen LogP) is 0.280. The smallest absolute Gasteiger partial charge is 0.334 e. The molecule has 1 unspecified atom stereocenters. The first kappa shape index (κ1) is 12.2. The van der Waals surface area contributed by atoms with E-state index in [1.807, 2.05) is 0 Å². The topological polar surface area (TPSA) is 106 Å². The number of ether oxygens (including phenoxy) is 1. The Labute approximate surface area is 102 Å². The molecule has 0 spiro atoms. The highest BCUT2D eigenvalue weighted by atomic mass is 16.6. The molecule has 1 atom stereocenters. The Morgan fingerprint density at radius 3 is 2.94 bits per heavy atom. The number of hydrogen-bond acceptors (Lipinski definition) is 6. The molecular weight excluding hydrogens is 242 g/mol. The summed E-state index contributed by atoms with van der Waals surface area (Å²) in [4.78, 5) is 26.4. The first-order chi connectivity index (χ1) is 8.58. The second-order valence-corrected chi connectivity index (χ2v) is 3.78. The van der Waals surface area contributed by atoms with Gasteiger partial charge in [0.15, 0.2) is 6.10 Å². The summed E-state index contributed by atoms with van der Waals surface area (Å²) in [5, 5.41) is 19.3. The van der Waals surface area contributed by atoms with Crippen LogP contribution in [-0.4, -0.2) is 46.8 Å². The molecule has 8 nitrogen and oxygen atoms in total. The highest BCUT2D eigenvalue weighted by molar-refractivity contribution is 5.73. The van der Waals surface area contributed by atoms with E-state index in [4.69, 9.17) is 9.84 Å². The normalized spacial score (nSPS) is 19.6. The second-order valence-electron chi connectivity index (χ2n) is 3.78. The van der Waals surface area contributed by atoms with E-state index in [0.29, 0.717) is 12.4 Å². The number of nitro groups is 1. The molecule has 1 aromatic heterocycles. The van der Waals surface area contributed by atoms with E-state index in [2.05, 4.69) is 4.98 Å². The average molecular weight is 253 g/mol. The van der Waals surface area contributed by atoms with Gasteiger partial charge in [-0.2, -0.15) is 0 Å². The predicted molar refractivity (Wildman–Crippen MR) is 60.5 cm³/mol. The first-order valence-electron chi connectivity index (χ1n) is 5.28. The maximum Gasteiger partial charge on any atom is 0.334 e. The van der Waals surface area contributed by atoms with Crippen molar-refractivity contribution < 1.29 is 19.6 Å².